The number of benzene rings is 3. The maximum absolute atomic E-state index is 13.5. The van der Waals surface area contributed by atoms with E-state index >= 15 is 0 Å². The molecule has 1 heterocycles. The highest BCUT2D eigenvalue weighted by molar-refractivity contribution is 6.52. The lowest BCUT2D eigenvalue weighted by Crippen LogP contribution is -2.30. The number of ether oxygens (including phenoxy) is 1. The Balaban J connectivity index is 1.96. The normalized spacial score (nSPS) is 16.9. The van der Waals surface area contributed by atoms with E-state index in [1.807, 2.05) is 62.4 Å². The first-order valence-corrected chi connectivity index (χ1v) is 12.2. The maximum Gasteiger partial charge on any atom is 0.300 e. The molecule has 6 heteroatoms. The van der Waals surface area contributed by atoms with Gasteiger partial charge in [0.25, 0.3) is 11.7 Å². The van der Waals surface area contributed by atoms with Crippen molar-refractivity contribution in [2.24, 2.45) is 0 Å². The second-order valence-corrected chi connectivity index (χ2v) is 8.92. The van der Waals surface area contributed by atoms with Crippen LogP contribution in [0.25, 0.3) is 5.76 Å². The number of aliphatic hydroxyl groups is 1. The Morgan fingerprint density at radius 1 is 0.972 bits per heavy atom. The van der Waals surface area contributed by atoms with E-state index in [9.17, 15) is 14.7 Å². The molecule has 1 amide bonds. The van der Waals surface area contributed by atoms with Crippen LogP contribution in [-0.4, -0.2) is 37.0 Å². The van der Waals surface area contributed by atoms with Gasteiger partial charge < -0.3 is 14.7 Å². The minimum Gasteiger partial charge on any atom is -0.507 e. The van der Waals surface area contributed by atoms with Gasteiger partial charge in [0.15, 0.2) is 0 Å². The SMILES string of the molecule is CCN(CC)c1ccc(C2/C(=C(\O)c3cc(C)ccc3C)C(=O)C(=O)N2c2ccccc2OC)cc1. The molecule has 36 heavy (non-hydrogen) atoms. The molecule has 0 radical (unpaired) electrons. The molecule has 6 nitrogen and oxygen atoms in total. The average molecular weight is 485 g/mol. The van der Waals surface area contributed by atoms with E-state index in [2.05, 4.69) is 18.7 Å². The Morgan fingerprint density at radius 3 is 2.28 bits per heavy atom. The fraction of sp³-hybridized carbons (Fsp3) is 0.267. The van der Waals surface area contributed by atoms with Gasteiger partial charge >= 0.3 is 0 Å². The summed E-state index contributed by atoms with van der Waals surface area (Å²) in [5, 5.41) is 11.5. The topological polar surface area (TPSA) is 70.1 Å². The summed E-state index contributed by atoms with van der Waals surface area (Å²) >= 11 is 0. The van der Waals surface area contributed by atoms with Crippen molar-refractivity contribution in [2.75, 3.05) is 30.0 Å². The number of aliphatic hydroxyl groups excluding tert-OH is 1. The van der Waals surface area contributed by atoms with Crippen molar-refractivity contribution in [1.29, 1.82) is 0 Å². The monoisotopic (exact) mass is 484 g/mol. The van der Waals surface area contributed by atoms with E-state index in [0.717, 1.165) is 35.5 Å². The number of hydrogen-bond acceptors (Lipinski definition) is 5. The summed E-state index contributed by atoms with van der Waals surface area (Å²) in [7, 11) is 1.53. The van der Waals surface area contributed by atoms with Gasteiger partial charge in [0.2, 0.25) is 0 Å². The second kappa shape index (κ2) is 10.3. The van der Waals surface area contributed by atoms with Gasteiger partial charge in [-0.3, -0.25) is 14.5 Å². The predicted molar refractivity (Wildman–Crippen MR) is 144 cm³/mol. The standard InChI is InChI=1S/C30H32N2O4/c1-6-31(7-2)22-16-14-21(15-17-22)27-26(28(33)23-18-19(3)12-13-20(23)4)29(34)30(35)32(27)24-10-8-9-11-25(24)36-5/h8-18,27,33H,6-7H2,1-5H3/b28-26+. The minimum atomic E-state index is -0.813. The van der Waals surface area contributed by atoms with Crippen molar-refractivity contribution in [3.8, 4) is 5.75 Å². The summed E-state index contributed by atoms with van der Waals surface area (Å²) in [6.07, 6.45) is 0. The quantitative estimate of drug-likeness (QED) is 0.261. The van der Waals surface area contributed by atoms with Gasteiger partial charge in [0.05, 0.1) is 24.4 Å². The highest BCUT2D eigenvalue weighted by Gasteiger charge is 2.47. The van der Waals surface area contributed by atoms with Crippen LogP contribution in [0.3, 0.4) is 0 Å². The Bertz CT molecular complexity index is 1320. The third-order valence-corrected chi connectivity index (χ3v) is 6.77. The summed E-state index contributed by atoms with van der Waals surface area (Å²) in [6, 6.07) is 19.8. The number of rotatable bonds is 7. The summed E-state index contributed by atoms with van der Waals surface area (Å²) in [5.41, 5.74) is 4.61. The van der Waals surface area contributed by atoms with Crippen molar-refractivity contribution in [1.82, 2.24) is 0 Å². The molecule has 1 atom stereocenters. The van der Waals surface area contributed by atoms with Crippen LogP contribution in [0.5, 0.6) is 5.75 Å². The molecule has 3 aromatic carbocycles. The molecule has 1 unspecified atom stereocenters. The number of carbonyl (C=O) groups excluding carboxylic acids is 2. The summed E-state index contributed by atoms with van der Waals surface area (Å²) in [5.74, 6) is -1.14. The summed E-state index contributed by atoms with van der Waals surface area (Å²) in [6.45, 7) is 9.71. The molecule has 186 valence electrons. The second-order valence-electron chi connectivity index (χ2n) is 8.92. The smallest absolute Gasteiger partial charge is 0.300 e. The highest BCUT2D eigenvalue weighted by Crippen LogP contribution is 2.45. The van der Waals surface area contributed by atoms with Gasteiger partial charge in [-0.1, -0.05) is 42.0 Å². The van der Waals surface area contributed by atoms with Crippen LogP contribution in [0.2, 0.25) is 0 Å². The van der Waals surface area contributed by atoms with Crippen LogP contribution in [-0.2, 0) is 9.59 Å². The van der Waals surface area contributed by atoms with Gasteiger partial charge in [-0.25, -0.2) is 0 Å². The summed E-state index contributed by atoms with van der Waals surface area (Å²) < 4.78 is 5.53. The van der Waals surface area contributed by atoms with Crippen LogP contribution >= 0.6 is 0 Å². The van der Waals surface area contributed by atoms with Crippen LogP contribution in [0.15, 0.2) is 72.3 Å². The van der Waals surface area contributed by atoms with Crippen molar-refractivity contribution in [2.45, 2.75) is 33.7 Å². The number of carbonyl (C=O) groups is 2. The number of hydrogen-bond donors (Lipinski definition) is 1. The molecule has 4 rings (SSSR count). The van der Waals surface area contributed by atoms with E-state index in [4.69, 9.17) is 4.74 Å². The molecular formula is C30H32N2O4. The van der Waals surface area contributed by atoms with E-state index in [1.54, 1.807) is 18.2 Å². The summed E-state index contributed by atoms with van der Waals surface area (Å²) in [4.78, 5) is 30.6. The predicted octanol–water partition coefficient (Wildman–Crippen LogP) is 5.78. The van der Waals surface area contributed by atoms with Crippen LogP contribution in [0.1, 0.15) is 42.1 Å². The van der Waals surface area contributed by atoms with Crippen molar-refractivity contribution < 1.29 is 19.4 Å². The number of methoxy groups -OCH3 is 1. The fourth-order valence-corrected chi connectivity index (χ4v) is 4.82. The first-order chi connectivity index (χ1) is 17.3. The van der Waals surface area contributed by atoms with Gasteiger partial charge in [-0.05, 0) is 69.2 Å². The number of amides is 1. The molecule has 0 spiro atoms. The Labute approximate surface area is 212 Å². The van der Waals surface area contributed by atoms with Crippen molar-refractivity contribution >= 4 is 28.8 Å². The molecule has 3 aromatic rings. The van der Waals surface area contributed by atoms with E-state index in [1.165, 1.54) is 12.0 Å². The van der Waals surface area contributed by atoms with Crippen molar-refractivity contribution in [3.63, 3.8) is 0 Å². The zero-order valence-corrected chi connectivity index (χ0v) is 21.4. The van der Waals surface area contributed by atoms with Gasteiger partial charge in [0.1, 0.15) is 11.5 Å². The number of nitrogens with zero attached hydrogens (tertiary/aromatic N) is 2. The van der Waals surface area contributed by atoms with Crippen LogP contribution in [0.4, 0.5) is 11.4 Å². The zero-order valence-electron chi connectivity index (χ0n) is 21.4. The number of ketones is 1. The molecular weight excluding hydrogens is 452 g/mol. The third kappa shape index (κ3) is 4.35. The first-order valence-electron chi connectivity index (χ1n) is 12.2. The highest BCUT2D eigenvalue weighted by atomic mass is 16.5. The van der Waals surface area contributed by atoms with Crippen LogP contribution < -0.4 is 14.5 Å². The van der Waals surface area contributed by atoms with E-state index < -0.39 is 17.7 Å². The van der Waals surface area contributed by atoms with Gasteiger partial charge in [-0.15, -0.1) is 0 Å². The van der Waals surface area contributed by atoms with E-state index in [-0.39, 0.29) is 11.3 Å². The average Bonchev–Trinajstić information content (AvgIpc) is 3.16. The Kier molecular flexibility index (Phi) is 7.15. The molecule has 1 N–H and O–H groups in total. The lowest BCUT2D eigenvalue weighted by Gasteiger charge is -2.27. The molecule has 1 aliphatic rings. The number of para-hydroxylation sites is 2. The molecule has 0 bridgehead atoms. The molecule has 0 saturated carbocycles. The Morgan fingerprint density at radius 2 is 1.64 bits per heavy atom. The molecule has 0 aliphatic carbocycles. The maximum atomic E-state index is 13.5. The third-order valence-electron chi connectivity index (χ3n) is 6.77. The van der Waals surface area contributed by atoms with E-state index in [0.29, 0.717) is 17.0 Å². The molecule has 0 aromatic heterocycles. The Hall–Kier alpha value is -4.06. The van der Waals surface area contributed by atoms with Gasteiger partial charge in [-0.2, -0.15) is 0 Å². The minimum absolute atomic E-state index is 0.0650. The fourth-order valence-electron chi connectivity index (χ4n) is 4.82. The molecule has 1 aliphatic heterocycles. The largest absolute Gasteiger partial charge is 0.507 e. The number of Topliss-reactive ketones (excluding diaryl/α,β-unsaturated/α-hetero) is 1. The lowest BCUT2D eigenvalue weighted by atomic mass is 9.93. The number of anilines is 2. The zero-order chi connectivity index (χ0) is 26.0. The van der Waals surface area contributed by atoms with Gasteiger partial charge in [0, 0.05) is 24.3 Å². The molecule has 1 fully saturated rings. The number of aryl methyl sites for hydroxylation is 2. The van der Waals surface area contributed by atoms with Crippen LogP contribution in [0, 0.1) is 13.8 Å². The first kappa shape index (κ1) is 25.0. The molecule has 1 saturated heterocycles. The van der Waals surface area contributed by atoms with Crippen molar-refractivity contribution in [3.05, 3.63) is 94.6 Å². The lowest BCUT2D eigenvalue weighted by molar-refractivity contribution is -0.132.